The number of piperidine rings is 1. The van der Waals surface area contributed by atoms with Crippen LogP contribution >= 0.6 is 11.6 Å². The van der Waals surface area contributed by atoms with Gasteiger partial charge in [0.1, 0.15) is 0 Å². The second kappa shape index (κ2) is 7.68. The number of sulfonamides is 1. The molecule has 0 atom stereocenters. The Bertz CT molecular complexity index is 928. The Morgan fingerprint density at radius 1 is 1.15 bits per heavy atom. The van der Waals surface area contributed by atoms with Gasteiger partial charge in [-0.2, -0.15) is 0 Å². The zero-order valence-corrected chi connectivity index (χ0v) is 16.1. The molecule has 26 heavy (non-hydrogen) atoms. The number of amides is 1. The smallest absolute Gasteiger partial charge is 0.236 e. The molecule has 1 N–H and O–H groups in total. The number of carbonyl (C=O) groups is 1. The minimum atomic E-state index is -3.56. The van der Waals surface area contributed by atoms with E-state index >= 15 is 0 Å². The molecule has 1 aliphatic heterocycles. The van der Waals surface area contributed by atoms with Gasteiger partial charge < -0.3 is 4.90 Å². The number of halogens is 1. The van der Waals surface area contributed by atoms with Crippen molar-refractivity contribution in [2.75, 3.05) is 16.2 Å². The van der Waals surface area contributed by atoms with Crippen molar-refractivity contribution in [3.8, 4) is 0 Å². The molecule has 1 fully saturated rings. The van der Waals surface area contributed by atoms with E-state index in [1.54, 1.807) is 47.4 Å². The lowest BCUT2D eigenvalue weighted by Crippen LogP contribution is -2.35. The third-order valence-electron chi connectivity index (χ3n) is 4.33. The van der Waals surface area contributed by atoms with Crippen LogP contribution in [0.4, 0.5) is 11.4 Å². The predicted molar refractivity (Wildman–Crippen MR) is 105 cm³/mol. The lowest BCUT2D eigenvalue weighted by atomic mass is 10.1. The molecule has 5 nitrogen and oxygen atoms in total. The molecule has 2 aromatic rings. The van der Waals surface area contributed by atoms with Crippen LogP contribution < -0.4 is 9.62 Å². The van der Waals surface area contributed by atoms with E-state index in [2.05, 4.69) is 4.72 Å². The Balaban J connectivity index is 1.75. The molecular formula is C19H21ClN2O3S. The zero-order chi connectivity index (χ0) is 18.7. The first-order valence-electron chi connectivity index (χ1n) is 8.50. The average Bonchev–Trinajstić information content (AvgIpc) is 2.55. The molecule has 1 amide bonds. The van der Waals surface area contributed by atoms with Crippen LogP contribution in [0.1, 0.15) is 30.4 Å². The Kier molecular flexibility index (Phi) is 5.53. The molecule has 1 saturated heterocycles. The molecular weight excluding hydrogens is 372 g/mol. The van der Waals surface area contributed by atoms with Crippen LogP contribution in [-0.2, 0) is 20.6 Å². The quantitative estimate of drug-likeness (QED) is 0.832. The lowest BCUT2D eigenvalue weighted by Gasteiger charge is -2.28. The summed E-state index contributed by atoms with van der Waals surface area (Å²) in [4.78, 5) is 13.9. The highest BCUT2D eigenvalue weighted by atomic mass is 35.5. The van der Waals surface area contributed by atoms with Crippen LogP contribution in [0.15, 0.2) is 42.5 Å². The molecule has 0 aliphatic carbocycles. The minimum Gasteiger partial charge on any atom is -0.312 e. The predicted octanol–water partition coefficient (Wildman–Crippen LogP) is 4.11. The number of benzene rings is 2. The number of aryl methyl sites for hydroxylation is 1. The van der Waals surface area contributed by atoms with E-state index in [1.807, 2.05) is 6.92 Å². The Morgan fingerprint density at radius 2 is 1.96 bits per heavy atom. The van der Waals surface area contributed by atoms with Crippen molar-refractivity contribution in [2.24, 2.45) is 0 Å². The maximum Gasteiger partial charge on any atom is 0.236 e. The molecule has 138 valence electrons. The molecule has 0 aromatic heterocycles. The third kappa shape index (κ3) is 4.56. The van der Waals surface area contributed by atoms with Crippen LogP contribution in [0.25, 0.3) is 0 Å². The fraction of sp³-hybridized carbons (Fsp3) is 0.316. The number of nitrogens with one attached hydrogen (secondary N) is 1. The molecule has 2 aromatic carbocycles. The molecule has 0 saturated carbocycles. The van der Waals surface area contributed by atoms with E-state index in [4.69, 9.17) is 11.6 Å². The van der Waals surface area contributed by atoms with Crippen molar-refractivity contribution < 1.29 is 13.2 Å². The summed E-state index contributed by atoms with van der Waals surface area (Å²) in [5, 5.41) is 0.504. The number of anilines is 2. The zero-order valence-electron chi connectivity index (χ0n) is 14.5. The van der Waals surface area contributed by atoms with Gasteiger partial charge in [-0.15, -0.1) is 0 Å². The van der Waals surface area contributed by atoms with E-state index in [-0.39, 0.29) is 11.7 Å². The molecule has 1 heterocycles. The number of carbonyl (C=O) groups excluding carboxylic acids is 1. The summed E-state index contributed by atoms with van der Waals surface area (Å²) < 4.78 is 27.4. The maximum atomic E-state index is 12.4. The van der Waals surface area contributed by atoms with Gasteiger partial charge in [0.2, 0.25) is 15.9 Å². The average molecular weight is 393 g/mol. The second-order valence-electron chi connectivity index (χ2n) is 6.49. The van der Waals surface area contributed by atoms with Gasteiger partial charge >= 0.3 is 0 Å². The van der Waals surface area contributed by atoms with E-state index in [0.29, 0.717) is 29.2 Å². The van der Waals surface area contributed by atoms with E-state index in [0.717, 1.165) is 24.1 Å². The monoisotopic (exact) mass is 392 g/mol. The van der Waals surface area contributed by atoms with E-state index in [1.165, 1.54) is 0 Å². The topological polar surface area (TPSA) is 66.5 Å². The summed E-state index contributed by atoms with van der Waals surface area (Å²) >= 11 is 5.91. The van der Waals surface area contributed by atoms with Crippen molar-refractivity contribution >= 4 is 38.9 Å². The summed E-state index contributed by atoms with van der Waals surface area (Å²) in [6.07, 6.45) is 2.47. The Labute approximate surface area is 159 Å². The van der Waals surface area contributed by atoms with Crippen LogP contribution in [0.5, 0.6) is 0 Å². The minimum absolute atomic E-state index is 0.119. The lowest BCUT2D eigenvalue weighted by molar-refractivity contribution is -0.119. The molecule has 0 radical (unpaired) electrons. The van der Waals surface area contributed by atoms with Gasteiger partial charge in [-0.1, -0.05) is 23.7 Å². The van der Waals surface area contributed by atoms with Crippen LogP contribution in [0.2, 0.25) is 5.02 Å². The summed E-state index contributed by atoms with van der Waals surface area (Å²) in [6.45, 7) is 2.59. The Morgan fingerprint density at radius 3 is 2.65 bits per heavy atom. The highest BCUT2D eigenvalue weighted by Crippen LogP contribution is 2.27. The second-order valence-corrected chi connectivity index (χ2v) is 8.65. The fourth-order valence-electron chi connectivity index (χ4n) is 3.14. The van der Waals surface area contributed by atoms with Crippen molar-refractivity contribution in [3.63, 3.8) is 0 Å². The third-order valence-corrected chi connectivity index (χ3v) is 5.83. The summed E-state index contributed by atoms with van der Waals surface area (Å²) in [5.41, 5.74) is 2.81. The van der Waals surface area contributed by atoms with Gasteiger partial charge in [0, 0.05) is 29.4 Å². The van der Waals surface area contributed by atoms with Gasteiger partial charge in [0.25, 0.3) is 0 Å². The largest absolute Gasteiger partial charge is 0.312 e. The number of rotatable bonds is 5. The molecule has 1 aliphatic rings. The molecule has 0 bridgehead atoms. The normalized spacial score (nSPS) is 15.2. The van der Waals surface area contributed by atoms with Crippen LogP contribution in [-0.4, -0.2) is 20.9 Å². The van der Waals surface area contributed by atoms with Crippen LogP contribution in [0, 0.1) is 6.92 Å². The van der Waals surface area contributed by atoms with Crippen LogP contribution in [0.3, 0.4) is 0 Å². The van der Waals surface area contributed by atoms with Gasteiger partial charge in [-0.3, -0.25) is 9.52 Å². The first kappa shape index (κ1) is 18.7. The summed E-state index contributed by atoms with van der Waals surface area (Å²) in [7, 11) is -3.56. The highest BCUT2D eigenvalue weighted by molar-refractivity contribution is 7.91. The number of hydrogen-bond donors (Lipinski definition) is 1. The first-order chi connectivity index (χ1) is 12.3. The summed E-state index contributed by atoms with van der Waals surface area (Å²) in [6, 6.07) is 12.0. The standard InChI is InChI=1S/C19H21ClN2O3S/c1-14-11-17(8-9-18(14)22-10-3-2-7-19(22)23)21-26(24,25)13-15-5-4-6-16(20)12-15/h4-6,8-9,11-12,21H,2-3,7,10,13H2,1H3. The maximum absolute atomic E-state index is 12.4. The molecule has 0 unspecified atom stereocenters. The molecule has 7 heteroatoms. The van der Waals surface area contributed by atoms with Crippen molar-refractivity contribution in [1.29, 1.82) is 0 Å². The van der Waals surface area contributed by atoms with E-state index < -0.39 is 10.0 Å². The highest BCUT2D eigenvalue weighted by Gasteiger charge is 2.21. The van der Waals surface area contributed by atoms with Gasteiger partial charge in [-0.05, 0) is 61.2 Å². The Hall–Kier alpha value is -2.05. The molecule has 3 rings (SSSR count). The number of nitrogens with zero attached hydrogens (tertiary/aromatic N) is 1. The van der Waals surface area contributed by atoms with Crippen molar-refractivity contribution in [1.82, 2.24) is 0 Å². The van der Waals surface area contributed by atoms with Gasteiger partial charge in [-0.25, -0.2) is 8.42 Å². The molecule has 0 spiro atoms. The summed E-state index contributed by atoms with van der Waals surface area (Å²) in [5.74, 6) is -0.0347. The SMILES string of the molecule is Cc1cc(NS(=O)(=O)Cc2cccc(Cl)c2)ccc1N1CCCCC1=O. The fourth-order valence-corrected chi connectivity index (χ4v) is 4.53. The van der Waals surface area contributed by atoms with E-state index in [9.17, 15) is 13.2 Å². The van der Waals surface area contributed by atoms with Gasteiger partial charge in [0.15, 0.2) is 0 Å². The number of hydrogen-bond acceptors (Lipinski definition) is 3. The van der Waals surface area contributed by atoms with Crippen molar-refractivity contribution in [2.45, 2.75) is 31.9 Å². The van der Waals surface area contributed by atoms with Gasteiger partial charge in [0.05, 0.1) is 5.75 Å². The van der Waals surface area contributed by atoms with Crippen molar-refractivity contribution in [3.05, 3.63) is 58.6 Å². The first-order valence-corrected chi connectivity index (χ1v) is 10.5.